The van der Waals surface area contributed by atoms with Gasteiger partial charge in [-0.05, 0) is 25.8 Å². The van der Waals surface area contributed by atoms with Crippen LogP contribution in [0.3, 0.4) is 0 Å². The van der Waals surface area contributed by atoms with E-state index in [1.807, 2.05) is 6.07 Å². The second-order valence-electron chi connectivity index (χ2n) is 5.03. The van der Waals surface area contributed by atoms with E-state index in [9.17, 15) is 10.1 Å². The van der Waals surface area contributed by atoms with Gasteiger partial charge in [-0.3, -0.25) is 10.1 Å². The Balaban J connectivity index is 2.10. The third-order valence-electron chi connectivity index (χ3n) is 3.38. The Morgan fingerprint density at radius 3 is 2.74 bits per heavy atom. The largest absolute Gasteiger partial charge is 0.388 e. The lowest BCUT2D eigenvalue weighted by atomic mass is 10.0. The molecule has 0 aromatic heterocycles. The molecule has 1 aromatic carbocycles. The monoisotopic (exact) mass is 265 g/mol. The molecule has 1 unspecified atom stereocenters. The highest BCUT2D eigenvalue weighted by molar-refractivity contribution is 5.63. The summed E-state index contributed by atoms with van der Waals surface area (Å²) in [6, 6.07) is 4.91. The summed E-state index contributed by atoms with van der Waals surface area (Å²) in [7, 11) is 1.74. The number of hydrogen-bond acceptors (Lipinski definition) is 5. The van der Waals surface area contributed by atoms with Gasteiger partial charge in [0, 0.05) is 43.7 Å². The number of nitrogens with one attached hydrogen (secondary N) is 2. The SMILES string of the molecule is CNc1cc(NCC2(C)CCCO2)cc([N+](=O)[O-])c1. The molecule has 1 heterocycles. The van der Waals surface area contributed by atoms with Gasteiger partial charge in [0.15, 0.2) is 0 Å². The Bertz CT molecular complexity index is 470. The molecule has 0 amide bonds. The Hall–Kier alpha value is -1.82. The first-order valence-corrected chi connectivity index (χ1v) is 6.37. The minimum Gasteiger partial charge on any atom is -0.388 e. The molecule has 6 heteroatoms. The first kappa shape index (κ1) is 13.6. The number of rotatable bonds is 5. The van der Waals surface area contributed by atoms with Crippen LogP contribution >= 0.6 is 0 Å². The molecular formula is C13H19N3O3. The molecule has 1 fully saturated rings. The van der Waals surface area contributed by atoms with Crippen LogP contribution in [0.5, 0.6) is 0 Å². The Morgan fingerprint density at radius 1 is 1.42 bits per heavy atom. The van der Waals surface area contributed by atoms with E-state index in [1.165, 1.54) is 6.07 Å². The smallest absolute Gasteiger partial charge is 0.273 e. The minimum atomic E-state index is -0.389. The molecule has 0 spiro atoms. The van der Waals surface area contributed by atoms with Crippen LogP contribution in [0.15, 0.2) is 18.2 Å². The average molecular weight is 265 g/mol. The van der Waals surface area contributed by atoms with Gasteiger partial charge >= 0.3 is 0 Å². The summed E-state index contributed by atoms with van der Waals surface area (Å²) < 4.78 is 5.68. The summed E-state index contributed by atoms with van der Waals surface area (Å²) in [4.78, 5) is 10.5. The molecule has 0 bridgehead atoms. The fraction of sp³-hybridized carbons (Fsp3) is 0.538. The molecular weight excluding hydrogens is 246 g/mol. The summed E-state index contributed by atoms with van der Waals surface area (Å²) in [6.45, 7) is 3.50. The van der Waals surface area contributed by atoms with E-state index in [1.54, 1.807) is 13.1 Å². The number of ether oxygens (including phenoxy) is 1. The summed E-state index contributed by atoms with van der Waals surface area (Å²) in [5.41, 5.74) is 1.35. The number of non-ortho nitro benzene ring substituents is 1. The zero-order valence-corrected chi connectivity index (χ0v) is 11.2. The highest BCUT2D eigenvalue weighted by Gasteiger charge is 2.29. The predicted octanol–water partition coefficient (Wildman–Crippen LogP) is 2.62. The number of nitro benzene ring substituents is 1. The van der Waals surface area contributed by atoms with Crippen LogP contribution in [0, 0.1) is 10.1 Å². The van der Waals surface area contributed by atoms with E-state index in [-0.39, 0.29) is 16.2 Å². The second-order valence-corrected chi connectivity index (χ2v) is 5.03. The van der Waals surface area contributed by atoms with Crippen molar-refractivity contribution < 1.29 is 9.66 Å². The van der Waals surface area contributed by atoms with Crippen molar-refractivity contribution in [2.75, 3.05) is 30.8 Å². The molecule has 1 aromatic rings. The normalized spacial score (nSPS) is 22.2. The molecule has 0 aliphatic carbocycles. The molecule has 0 saturated carbocycles. The Kier molecular flexibility index (Phi) is 3.90. The summed E-state index contributed by atoms with van der Waals surface area (Å²) in [6.07, 6.45) is 2.07. The van der Waals surface area contributed by atoms with Crippen LogP contribution in [0.4, 0.5) is 17.1 Å². The molecule has 104 valence electrons. The van der Waals surface area contributed by atoms with Crippen molar-refractivity contribution in [3.63, 3.8) is 0 Å². The first-order valence-electron chi connectivity index (χ1n) is 6.37. The Labute approximate surface area is 112 Å². The highest BCUT2D eigenvalue weighted by atomic mass is 16.6. The quantitative estimate of drug-likeness (QED) is 0.632. The fourth-order valence-electron chi connectivity index (χ4n) is 2.23. The van der Waals surface area contributed by atoms with E-state index >= 15 is 0 Å². The molecule has 2 rings (SSSR count). The van der Waals surface area contributed by atoms with Gasteiger partial charge in [-0.2, -0.15) is 0 Å². The van der Waals surface area contributed by atoms with Crippen LogP contribution in [0.25, 0.3) is 0 Å². The number of benzene rings is 1. The van der Waals surface area contributed by atoms with Gasteiger partial charge < -0.3 is 15.4 Å². The zero-order chi connectivity index (χ0) is 13.9. The molecule has 1 aliphatic rings. The van der Waals surface area contributed by atoms with Gasteiger partial charge in [-0.25, -0.2) is 0 Å². The van der Waals surface area contributed by atoms with E-state index in [4.69, 9.17) is 4.74 Å². The van der Waals surface area contributed by atoms with Crippen molar-refractivity contribution in [1.29, 1.82) is 0 Å². The Morgan fingerprint density at radius 2 is 2.16 bits per heavy atom. The lowest BCUT2D eigenvalue weighted by Gasteiger charge is -2.24. The van der Waals surface area contributed by atoms with E-state index in [0.29, 0.717) is 12.2 Å². The van der Waals surface area contributed by atoms with Crippen LogP contribution in [0.1, 0.15) is 19.8 Å². The van der Waals surface area contributed by atoms with Crippen molar-refractivity contribution in [1.82, 2.24) is 0 Å². The second kappa shape index (κ2) is 5.44. The average Bonchev–Trinajstić information content (AvgIpc) is 2.83. The maximum absolute atomic E-state index is 10.9. The standard InChI is InChI=1S/C13H19N3O3/c1-13(4-3-5-19-13)9-15-11-6-10(14-2)7-12(8-11)16(17)18/h6-8,14-15H,3-5,9H2,1-2H3. The van der Waals surface area contributed by atoms with Crippen molar-refractivity contribution in [3.05, 3.63) is 28.3 Å². The van der Waals surface area contributed by atoms with Crippen molar-refractivity contribution in [2.45, 2.75) is 25.4 Å². The molecule has 6 nitrogen and oxygen atoms in total. The van der Waals surface area contributed by atoms with Crippen molar-refractivity contribution >= 4 is 17.1 Å². The molecule has 2 N–H and O–H groups in total. The molecule has 1 aliphatic heterocycles. The maximum atomic E-state index is 10.9. The molecule has 1 atom stereocenters. The van der Waals surface area contributed by atoms with Crippen molar-refractivity contribution in [3.8, 4) is 0 Å². The molecule has 1 saturated heterocycles. The van der Waals surface area contributed by atoms with Crippen LogP contribution < -0.4 is 10.6 Å². The summed E-state index contributed by atoms with van der Waals surface area (Å²) in [5, 5.41) is 17.0. The number of nitrogens with zero attached hydrogens (tertiary/aromatic N) is 1. The van der Waals surface area contributed by atoms with Gasteiger partial charge in [0.1, 0.15) is 0 Å². The van der Waals surface area contributed by atoms with Gasteiger partial charge in [0.25, 0.3) is 5.69 Å². The van der Waals surface area contributed by atoms with E-state index in [0.717, 1.165) is 25.1 Å². The summed E-state index contributed by atoms with van der Waals surface area (Å²) >= 11 is 0. The van der Waals surface area contributed by atoms with E-state index in [2.05, 4.69) is 17.6 Å². The first-order chi connectivity index (χ1) is 9.02. The summed E-state index contributed by atoms with van der Waals surface area (Å²) in [5.74, 6) is 0. The third kappa shape index (κ3) is 3.35. The third-order valence-corrected chi connectivity index (χ3v) is 3.38. The lowest BCUT2D eigenvalue weighted by molar-refractivity contribution is -0.384. The van der Waals surface area contributed by atoms with Gasteiger partial charge in [0.05, 0.1) is 10.5 Å². The van der Waals surface area contributed by atoms with Gasteiger partial charge in [0.2, 0.25) is 0 Å². The number of nitro groups is 1. The van der Waals surface area contributed by atoms with Crippen molar-refractivity contribution in [2.24, 2.45) is 0 Å². The van der Waals surface area contributed by atoms with Gasteiger partial charge in [-0.1, -0.05) is 0 Å². The van der Waals surface area contributed by atoms with E-state index < -0.39 is 0 Å². The fourth-order valence-corrected chi connectivity index (χ4v) is 2.23. The lowest BCUT2D eigenvalue weighted by Crippen LogP contribution is -2.32. The minimum absolute atomic E-state index is 0.0758. The van der Waals surface area contributed by atoms with Crippen LogP contribution in [0.2, 0.25) is 0 Å². The number of hydrogen-bond donors (Lipinski definition) is 2. The molecule has 19 heavy (non-hydrogen) atoms. The van der Waals surface area contributed by atoms with Gasteiger partial charge in [-0.15, -0.1) is 0 Å². The predicted molar refractivity (Wildman–Crippen MR) is 74.7 cm³/mol. The van der Waals surface area contributed by atoms with Crippen LogP contribution in [-0.4, -0.2) is 30.7 Å². The number of anilines is 2. The maximum Gasteiger partial charge on any atom is 0.273 e. The topological polar surface area (TPSA) is 76.4 Å². The van der Waals surface area contributed by atoms with Crippen LogP contribution in [-0.2, 0) is 4.74 Å². The zero-order valence-electron chi connectivity index (χ0n) is 11.2. The highest BCUT2D eigenvalue weighted by Crippen LogP contribution is 2.28. The molecule has 0 radical (unpaired) electrons.